The highest BCUT2D eigenvalue weighted by molar-refractivity contribution is 5.79. The fourth-order valence-corrected chi connectivity index (χ4v) is 2.59. The van der Waals surface area contributed by atoms with Crippen LogP contribution in [0.1, 0.15) is 24.7 Å². The summed E-state index contributed by atoms with van der Waals surface area (Å²) < 4.78 is 42.2. The molecule has 1 aliphatic rings. The number of carbonyl (C=O) groups excluding carboxylic acids is 1. The first-order valence-corrected chi connectivity index (χ1v) is 7.13. The normalized spacial score (nSPS) is 21.5. The van der Waals surface area contributed by atoms with E-state index in [-0.39, 0.29) is 19.0 Å². The van der Waals surface area contributed by atoms with Crippen LogP contribution in [0.3, 0.4) is 0 Å². The maximum Gasteiger partial charge on any atom is 0.401 e. The second-order valence-electron chi connectivity index (χ2n) is 5.47. The number of alkyl halides is 3. The number of hydrogen-bond donors (Lipinski definition) is 2. The Morgan fingerprint density at radius 2 is 2.32 bits per heavy atom. The third kappa shape index (κ3) is 5.03. The van der Waals surface area contributed by atoms with Crippen molar-refractivity contribution in [2.75, 3.05) is 26.2 Å². The lowest BCUT2D eigenvalue weighted by molar-refractivity contribution is -0.152. The molecule has 0 saturated carbocycles. The second-order valence-corrected chi connectivity index (χ2v) is 5.47. The standard InChI is InChI=1S/C14H19F3N2O3/c15-14(16,17)9-19-5-1-3-10(8-19)13(21)18-7-11(20)12-4-2-6-22-12/h2,4,6,10-11,20H,1,3,5,7-9H2,(H,18,21). The summed E-state index contributed by atoms with van der Waals surface area (Å²) >= 11 is 0. The van der Waals surface area contributed by atoms with Gasteiger partial charge < -0.3 is 14.8 Å². The lowest BCUT2D eigenvalue weighted by atomic mass is 9.97. The van der Waals surface area contributed by atoms with Gasteiger partial charge in [-0.3, -0.25) is 9.69 Å². The topological polar surface area (TPSA) is 65.7 Å². The largest absolute Gasteiger partial charge is 0.467 e. The van der Waals surface area contributed by atoms with Crippen LogP contribution in [0.4, 0.5) is 13.2 Å². The van der Waals surface area contributed by atoms with Crippen molar-refractivity contribution in [2.45, 2.75) is 25.1 Å². The number of nitrogens with one attached hydrogen (secondary N) is 1. The molecule has 0 bridgehead atoms. The van der Waals surface area contributed by atoms with E-state index in [4.69, 9.17) is 4.42 Å². The minimum atomic E-state index is -4.26. The Balaban J connectivity index is 1.79. The van der Waals surface area contributed by atoms with Crippen molar-refractivity contribution in [2.24, 2.45) is 5.92 Å². The number of aliphatic hydroxyl groups excluding tert-OH is 1. The van der Waals surface area contributed by atoms with Gasteiger partial charge in [0.25, 0.3) is 0 Å². The molecule has 1 fully saturated rings. The molecule has 0 radical (unpaired) electrons. The highest BCUT2D eigenvalue weighted by atomic mass is 19.4. The number of furan rings is 1. The molecule has 1 saturated heterocycles. The van der Waals surface area contributed by atoms with E-state index in [9.17, 15) is 23.1 Å². The Labute approximate surface area is 126 Å². The van der Waals surface area contributed by atoms with E-state index in [0.717, 1.165) is 0 Å². The summed E-state index contributed by atoms with van der Waals surface area (Å²) in [5, 5.41) is 12.4. The van der Waals surface area contributed by atoms with E-state index in [2.05, 4.69) is 5.32 Å². The molecule has 5 nitrogen and oxygen atoms in total. The molecule has 0 spiro atoms. The quantitative estimate of drug-likeness (QED) is 0.867. The number of piperidine rings is 1. The zero-order chi connectivity index (χ0) is 16.2. The highest BCUT2D eigenvalue weighted by Crippen LogP contribution is 2.22. The molecular formula is C14H19F3N2O3. The molecule has 0 aliphatic carbocycles. The van der Waals surface area contributed by atoms with Crippen molar-refractivity contribution in [3.05, 3.63) is 24.2 Å². The van der Waals surface area contributed by atoms with Crippen molar-refractivity contribution in [1.82, 2.24) is 10.2 Å². The Kier molecular flexibility index (Phi) is 5.47. The predicted octanol–water partition coefficient (Wildman–Crippen LogP) is 1.70. The molecule has 22 heavy (non-hydrogen) atoms. The Morgan fingerprint density at radius 1 is 1.55 bits per heavy atom. The highest BCUT2D eigenvalue weighted by Gasteiger charge is 2.34. The van der Waals surface area contributed by atoms with E-state index in [1.807, 2.05) is 0 Å². The predicted molar refractivity (Wildman–Crippen MR) is 71.9 cm³/mol. The fourth-order valence-electron chi connectivity index (χ4n) is 2.59. The Hall–Kier alpha value is -1.54. The number of amides is 1. The minimum Gasteiger partial charge on any atom is -0.467 e. The van der Waals surface area contributed by atoms with Crippen LogP contribution >= 0.6 is 0 Å². The van der Waals surface area contributed by atoms with Crippen LogP contribution < -0.4 is 5.32 Å². The second kappa shape index (κ2) is 7.15. The van der Waals surface area contributed by atoms with E-state index in [1.165, 1.54) is 11.2 Å². The summed E-state index contributed by atoms with van der Waals surface area (Å²) in [7, 11) is 0. The third-order valence-corrected chi connectivity index (χ3v) is 3.62. The van der Waals surface area contributed by atoms with E-state index < -0.39 is 24.7 Å². The number of rotatable bonds is 5. The minimum absolute atomic E-state index is 0.0257. The van der Waals surface area contributed by atoms with Crippen molar-refractivity contribution in [1.29, 1.82) is 0 Å². The molecule has 1 aromatic rings. The first-order valence-electron chi connectivity index (χ1n) is 7.13. The van der Waals surface area contributed by atoms with Gasteiger partial charge in [0.2, 0.25) is 5.91 Å². The van der Waals surface area contributed by atoms with Gasteiger partial charge in [0.1, 0.15) is 11.9 Å². The van der Waals surface area contributed by atoms with Crippen molar-refractivity contribution >= 4 is 5.91 Å². The molecule has 2 atom stereocenters. The summed E-state index contributed by atoms with van der Waals surface area (Å²) in [6, 6.07) is 3.21. The van der Waals surface area contributed by atoms with Crippen LogP contribution in [0.5, 0.6) is 0 Å². The number of nitrogens with zero attached hydrogens (tertiary/aromatic N) is 1. The zero-order valence-corrected chi connectivity index (χ0v) is 12.0. The van der Waals surface area contributed by atoms with Gasteiger partial charge in [-0.25, -0.2) is 0 Å². The van der Waals surface area contributed by atoms with Gasteiger partial charge in [0, 0.05) is 6.54 Å². The van der Waals surface area contributed by atoms with Gasteiger partial charge in [0.15, 0.2) is 0 Å². The lowest BCUT2D eigenvalue weighted by Gasteiger charge is -2.32. The molecule has 1 amide bonds. The first-order chi connectivity index (χ1) is 10.3. The van der Waals surface area contributed by atoms with Crippen LogP contribution in [0.2, 0.25) is 0 Å². The van der Waals surface area contributed by atoms with E-state index in [1.54, 1.807) is 12.1 Å². The number of aliphatic hydroxyl groups is 1. The fraction of sp³-hybridized carbons (Fsp3) is 0.643. The maximum absolute atomic E-state index is 12.4. The molecule has 1 aromatic heterocycles. The zero-order valence-electron chi connectivity index (χ0n) is 12.0. The molecule has 0 aromatic carbocycles. The average Bonchev–Trinajstić information content (AvgIpc) is 2.97. The Bertz CT molecular complexity index is 476. The molecule has 2 heterocycles. The monoisotopic (exact) mass is 320 g/mol. The average molecular weight is 320 g/mol. The van der Waals surface area contributed by atoms with Crippen LogP contribution in [0.25, 0.3) is 0 Å². The van der Waals surface area contributed by atoms with Crippen molar-refractivity contribution < 1.29 is 27.5 Å². The Morgan fingerprint density at radius 3 is 2.95 bits per heavy atom. The molecule has 124 valence electrons. The molecular weight excluding hydrogens is 301 g/mol. The summed E-state index contributed by atoms with van der Waals surface area (Å²) in [5.74, 6) is -0.486. The van der Waals surface area contributed by atoms with Crippen LogP contribution in [-0.4, -0.2) is 48.3 Å². The third-order valence-electron chi connectivity index (χ3n) is 3.62. The molecule has 1 aliphatic heterocycles. The molecule has 2 rings (SSSR count). The SMILES string of the molecule is O=C(NCC(O)c1ccco1)C1CCCN(CC(F)(F)F)C1. The summed E-state index contributed by atoms with van der Waals surface area (Å²) in [6.07, 6.45) is -2.70. The molecule has 8 heteroatoms. The number of hydrogen-bond acceptors (Lipinski definition) is 4. The van der Waals surface area contributed by atoms with E-state index >= 15 is 0 Å². The van der Waals surface area contributed by atoms with Gasteiger partial charge in [-0.15, -0.1) is 0 Å². The lowest BCUT2D eigenvalue weighted by Crippen LogP contribution is -2.46. The van der Waals surface area contributed by atoms with Gasteiger partial charge >= 0.3 is 6.18 Å². The molecule has 2 N–H and O–H groups in total. The van der Waals surface area contributed by atoms with Gasteiger partial charge in [-0.1, -0.05) is 0 Å². The summed E-state index contributed by atoms with van der Waals surface area (Å²) in [6.45, 7) is -0.589. The van der Waals surface area contributed by atoms with Crippen LogP contribution in [0, 0.1) is 5.92 Å². The van der Waals surface area contributed by atoms with Gasteiger partial charge in [-0.05, 0) is 31.5 Å². The summed E-state index contributed by atoms with van der Waals surface area (Å²) in [5.41, 5.74) is 0. The first kappa shape index (κ1) is 16.8. The smallest absolute Gasteiger partial charge is 0.401 e. The molecule has 2 unspecified atom stereocenters. The van der Waals surface area contributed by atoms with Crippen molar-refractivity contribution in [3.63, 3.8) is 0 Å². The van der Waals surface area contributed by atoms with E-state index in [0.29, 0.717) is 25.1 Å². The maximum atomic E-state index is 12.4. The number of likely N-dealkylation sites (tertiary alicyclic amines) is 1. The van der Waals surface area contributed by atoms with Crippen LogP contribution in [-0.2, 0) is 4.79 Å². The van der Waals surface area contributed by atoms with Crippen LogP contribution in [0.15, 0.2) is 22.8 Å². The number of carbonyl (C=O) groups is 1. The van der Waals surface area contributed by atoms with Gasteiger partial charge in [0.05, 0.1) is 25.3 Å². The van der Waals surface area contributed by atoms with Gasteiger partial charge in [-0.2, -0.15) is 13.2 Å². The summed E-state index contributed by atoms with van der Waals surface area (Å²) in [4.78, 5) is 13.3. The van der Waals surface area contributed by atoms with Crippen molar-refractivity contribution in [3.8, 4) is 0 Å². The number of halogens is 3.